The third-order valence-corrected chi connectivity index (χ3v) is 4.48. The minimum atomic E-state index is -0.151. The molecule has 0 saturated carbocycles. The second-order valence-corrected chi connectivity index (χ2v) is 6.81. The Morgan fingerprint density at radius 3 is 1.87 bits per heavy atom. The lowest BCUT2D eigenvalue weighted by molar-refractivity contribution is -0.111. The number of carbonyl (C=O) groups excluding carboxylic acids is 1. The number of nitrogens with one attached hydrogen (secondary N) is 2. The van der Waals surface area contributed by atoms with Crippen LogP contribution in [-0.2, 0) is 4.79 Å². The molecule has 0 fully saturated rings. The Hall–Kier alpha value is -4.32. The number of allylic oxidation sites excluding steroid dienone is 2. The molecule has 3 aromatic carbocycles. The van der Waals surface area contributed by atoms with Gasteiger partial charge in [-0.05, 0) is 66.7 Å². The van der Waals surface area contributed by atoms with Crippen molar-refractivity contribution in [2.75, 3.05) is 22.1 Å². The van der Waals surface area contributed by atoms with Gasteiger partial charge >= 0.3 is 0 Å². The van der Waals surface area contributed by atoms with Crippen LogP contribution in [0.1, 0.15) is 0 Å². The molecule has 6 heteroatoms. The molecule has 0 bridgehead atoms. The summed E-state index contributed by atoms with van der Waals surface area (Å²) in [6.07, 6.45) is 3.28. The average Bonchev–Trinajstić information content (AvgIpc) is 2.75. The molecule has 0 atom stereocenters. The zero-order valence-electron chi connectivity index (χ0n) is 16.2. The van der Waals surface area contributed by atoms with Gasteiger partial charge in [0.05, 0.1) is 22.8 Å². The van der Waals surface area contributed by atoms with E-state index in [2.05, 4.69) is 10.6 Å². The summed E-state index contributed by atoms with van der Waals surface area (Å²) in [7, 11) is 0. The molecule has 0 amide bonds. The number of para-hydroxylation sites is 1. The minimum Gasteiger partial charge on any atom is -0.399 e. The summed E-state index contributed by atoms with van der Waals surface area (Å²) >= 11 is 0. The van der Waals surface area contributed by atoms with Crippen LogP contribution in [0.15, 0.2) is 107 Å². The number of carbonyl (C=O) groups is 1. The zero-order valence-corrected chi connectivity index (χ0v) is 16.2. The van der Waals surface area contributed by atoms with Gasteiger partial charge in [0.1, 0.15) is 0 Å². The molecule has 1 aliphatic rings. The van der Waals surface area contributed by atoms with Crippen molar-refractivity contribution in [2.24, 2.45) is 4.99 Å². The van der Waals surface area contributed by atoms with Crippen LogP contribution in [0.4, 0.5) is 28.4 Å². The lowest BCUT2D eigenvalue weighted by Crippen LogP contribution is -2.22. The number of nitrogen functional groups attached to an aromatic ring is 2. The first-order chi connectivity index (χ1) is 14.6. The molecule has 148 valence electrons. The lowest BCUT2D eigenvalue weighted by Gasteiger charge is -2.18. The number of aliphatic imine (C=N–C) groups is 1. The van der Waals surface area contributed by atoms with E-state index in [0.717, 1.165) is 17.1 Å². The fraction of sp³-hybridized carbons (Fsp3) is 0. The Balaban J connectivity index is 1.68. The van der Waals surface area contributed by atoms with Gasteiger partial charge in [-0.25, -0.2) is 4.99 Å². The van der Waals surface area contributed by atoms with Crippen molar-refractivity contribution in [1.29, 1.82) is 0 Å². The molecule has 1 aliphatic carbocycles. The number of benzene rings is 3. The van der Waals surface area contributed by atoms with Crippen molar-refractivity contribution in [3.63, 3.8) is 0 Å². The molecule has 0 radical (unpaired) electrons. The fourth-order valence-corrected chi connectivity index (χ4v) is 2.95. The predicted octanol–water partition coefficient (Wildman–Crippen LogP) is 4.50. The highest BCUT2D eigenvalue weighted by atomic mass is 16.1. The highest BCUT2D eigenvalue weighted by Crippen LogP contribution is 2.23. The van der Waals surface area contributed by atoms with Gasteiger partial charge in [-0.3, -0.25) is 4.79 Å². The van der Waals surface area contributed by atoms with Crippen LogP contribution in [0.2, 0.25) is 0 Å². The van der Waals surface area contributed by atoms with Gasteiger partial charge in [-0.15, -0.1) is 0 Å². The minimum absolute atomic E-state index is 0.151. The van der Waals surface area contributed by atoms with Crippen LogP contribution < -0.4 is 22.1 Å². The van der Waals surface area contributed by atoms with E-state index in [1.165, 1.54) is 0 Å². The second kappa shape index (κ2) is 8.36. The smallest absolute Gasteiger partial charge is 0.204 e. The number of hydrogen-bond acceptors (Lipinski definition) is 6. The molecule has 6 N–H and O–H groups in total. The van der Waals surface area contributed by atoms with Gasteiger partial charge < -0.3 is 22.1 Å². The molecule has 3 aromatic rings. The van der Waals surface area contributed by atoms with Gasteiger partial charge in [0.15, 0.2) is 0 Å². The van der Waals surface area contributed by atoms with Gasteiger partial charge in [-0.2, -0.15) is 0 Å². The summed E-state index contributed by atoms with van der Waals surface area (Å²) in [6, 6.07) is 24.1. The maximum absolute atomic E-state index is 12.8. The van der Waals surface area contributed by atoms with Crippen molar-refractivity contribution in [3.05, 3.63) is 102 Å². The molecule has 0 aliphatic heterocycles. The molecular weight excluding hydrogens is 374 g/mol. The Bertz CT molecular complexity index is 1140. The number of anilines is 4. The third-order valence-electron chi connectivity index (χ3n) is 4.48. The van der Waals surface area contributed by atoms with Crippen molar-refractivity contribution in [1.82, 2.24) is 0 Å². The molecule has 6 nitrogen and oxygen atoms in total. The number of ketones is 1. The van der Waals surface area contributed by atoms with Gasteiger partial charge in [0.25, 0.3) is 0 Å². The molecule has 0 aromatic heterocycles. The van der Waals surface area contributed by atoms with E-state index in [9.17, 15) is 4.79 Å². The first-order valence-corrected chi connectivity index (χ1v) is 9.44. The van der Waals surface area contributed by atoms with Crippen molar-refractivity contribution in [2.45, 2.75) is 0 Å². The van der Waals surface area contributed by atoms with Crippen LogP contribution >= 0.6 is 0 Å². The van der Waals surface area contributed by atoms with Gasteiger partial charge in [0, 0.05) is 28.8 Å². The Morgan fingerprint density at radius 1 is 0.633 bits per heavy atom. The van der Waals surface area contributed by atoms with Crippen molar-refractivity contribution < 1.29 is 4.79 Å². The van der Waals surface area contributed by atoms with Crippen molar-refractivity contribution in [3.8, 4) is 0 Å². The van der Waals surface area contributed by atoms with Gasteiger partial charge in [-0.1, -0.05) is 18.2 Å². The molecule has 0 unspecified atom stereocenters. The third kappa shape index (κ3) is 4.56. The maximum atomic E-state index is 12.8. The highest BCUT2D eigenvalue weighted by Gasteiger charge is 2.19. The normalized spacial score (nSPS) is 14.8. The molecule has 0 heterocycles. The summed E-state index contributed by atoms with van der Waals surface area (Å²) in [4.78, 5) is 17.5. The van der Waals surface area contributed by atoms with Crippen LogP contribution in [0.25, 0.3) is 0 Å². The quantitative estimate of drug-likeness (QED) is 0.376. The van der Waals surface area contributed by atoms with Crippen LogP contribution in [0.5, 0.6) is 0 Å². The monoisotopic (exact) mass is 395 g/mol. The zero-order chi connectivity index (χ0) is 20.9. The van der Waals surface area contributed by atoms with Crippen LogP contribution in [-0.4, -0.2) is 11.5 Å². The summed E-state index contributed by atoms with van der Waals surface area (Å²) in [5.74, 6) is -0.151. The van der Waals surface area contributed by atoms with E-state index in [-0.39, 0.29) is 5.78 Å². The molecule has 4 rings (SSSR count). The first kappa shape index (κ1) is 19.0. The Kier molecular flexibility index (Phi) is 5.30. The number of rotatable bonds is 5. The number of nitrogens with two attached hydrogens (primary N) is 2. The van der Waals surface area contributed by atoms with E-state index in [4.69, 9.17) is 16.5 Å². The SMILES string of the molecule is Nc1ccc(/N=C2/C=C(Nc3ccc(N)cc3)C(=O)C=C2Nc2ccccc2)cc1. The predicted molar refractivity (Wildman–Crippen MR) is 124 cm³/mol. The molecule has 0 spiro atoms. The second-order valence-electron chi connectivity index (χ2n) is 6.81. The van der Waals surface area contributed by atoms with E-state index < -0.39 is 0 Å². The lowest BCUT2D eigenvalue weighted by atomic mass is 10.0. The van der Waals surface area contributed by atoms with E-state index >= 15 is 0 Å². The maximum Gasteiger partial charge on any atom is 0.204 e. The highest BCUT2D eigenvalue weighted by molar-refractivity contribution is 6.24. The number of nitrogens with zero attached hydrogens (tertiary/aromatic N) is 1. The molecular formula is C24H21N5O. The largest absolute Gasteiger partial charge is 0.399 e. The molecule has 0 saturated heterocycles. The van der Waals surface area contributed by atoms with E-state index in [0.29, 0.717) is 28.5 Å². The van der Waals surface area contributed by atoms with E-state index in [1.54, 1.807) is 36.4 Å². The average molecular weight is 395 g/mol. The summed E-state index contributed by atoms with van der Waals surface area (Å²) in [5, 5.41) is 6.43. The van der Waals surface area contributed by atoms with Crippen LogP contribution in [0.3, 0.4) is 0 Å². The summed E-state index contributed by atoms with van der Waals surface area (Å²) in [5.41, 5.74) is 16.9. The fourth-order valence-electron chi connectivity index (χ4n) is 2.95. The topological polar surface area (TPSA) is 106 Å². The summed E-state index contributed by atoms with van der Waals surface area (Å²) in [6.45, 7) is 0. The van der Waals surface area contributed by atoms with Gasteiger partial charge in [0.2, 0.25) is 5.78 Å². The Morgan fingerprint density at radius 2 is 1.20 bits per heavy atom. The van der Waals surface area contributed by atoms with E-state index in [1.807, 2.05) is 54.6 Å². The molecule has 30 heavy (non-hydrogen) atoms. The summed E-state index contributed by atoms with van der Waals surface area (Å²) < 4.78 is 0. The number of hydrogen-bond donors (Lipinski definition) is 4. The Labute approximate surface area is 174 Å². The van der Waals surface area contributed by atoms with Crippen LogP contribution in [0, 0.1) is 0 Å². The standard InChI is InChI=1S/C24H21N5O/c25-16-6-10-19(11-7-16)28-21-14-23(29-20-12-8-17(26)9-13-20)24(30)15-22(21)27-18-4-2-1-3-5-18/h1-15,27,29H,25-26H2/b28-21-. The van der Waals surface area contributed by atoms with Crippen molar-refractivity contribution >= 4 is 39.9 Å². The first-order valence-electron chi connectivity index (χ1n) is 9.44.